The molecule has 0 bridgehead atoms. The Morgan fingerprint density at radius 1 is 1.00 bits per heavy atom. The van der Waals surface area contributed by atoms with E-state index in [0.717, 1.165) is 23.4 Å². The fourth-order valence-electron chi connectivity index (χ4n) is 1.62. The van der Waals surface area contributed by atoms with Crippen molar-refractivity contribution in [2.24, 2.45) is 0 Å². The molecular formula is C13H15NO2. The van der Waals surface area contributed by atoms with E-state index in [2.05, 4.69) is 5.32 Å². The number of nitrogens with one attached hydrogen (secondary N) is 1. The number of aliphatic hydroxyl groups is 1. The van der Waals surface area contributed by atoms with Gasteiger partial charge in [0.25, 0.3) is 0 Å². The standard InChI is InChI=1S/C13H15NO2/c15-10-12-5-2-1-4-11(12)8-14-9-13-6-3-7-16-13/h1-7,14-15H,8-10H2. The van der Waals surface area contributed by atoms with Crippen LogP contribution >= 0.6 is 0 Å². The van der Waals surface area contributed by atoms with Gasteiger partial charge in [0, 0.05) is 6.54 Å². The van der Waals surface area contributed by atoms with E-state index >= 15 is 0 Å². The second kappa shape index (κ2) is 5.49. The Balaban J connectivity index is 1.89. The minimum Gasteiger partial charge on any atom is -0.468 e. The average molecular weight is 217 g/mol. The fraction of sp³-hybridized carbons (Fsp3) is 0.231. The second-order valence-corrected chi connectivity index (χ2v) is 3.61. The molecule has 2 aromatic rings. The van der Waals surface area contributed by atoms with Gasteiger partial charge in [-0.1, -0.05) is 24.3 Å². The van der Waals surface area contributed by atoms with Gasteiger partial charge in [-0.25, -0.2) is 0 Å². The topological polar surface area (TPSA) is 45.4 Å². The van der Waals surface area contributed by atoms with Crippen molar-refractivity contribution in [3.63, 3.8) is 0 Å². The maximum atomic E-state index is 9.16. The summed E-state index contributed by atoms with van der Waals surface area (Å²) in [4.78, 5) is 0. The molecule has 0 unspecified atom stereocenters. The lowest BCUT2D eigenvalue weighted by Crippen LogP contribution is -2.13. The summed E-state index contributed by atoms with van der Waals surface area (Å²) >= 11 is 0. The molecule has 1 aromatic carbocycles. The van der Waals surface area contributed by atoms with Gasteiger partial charge in [0.05, 0.1) is 19.4 Å². The first-order valence-electron chi connectivity index (χ1n) is 5.31. The van der Waals surface area contributed by atoms with Gasteiger partial charge < -0.3 is 14.8 Å². The Morgan fingerprint density at radius 2 is 1.81 bits per heavy atom. The Bertz CT molecular complexity index is 423. The van der Waals surface area contributed by atoms with Crippen molar-refractivity contribution in [2.75, 3.05) is 0 Å². The minimum absolute atomic E-state index is 0.0819. The van der Waals surface area contributed by atoms with Crippen LogP contribution in [0.3, 0.4) is 0 Å². The van der Waals surface area contributed by atoms with Crippen LogP contribution in [-0.4, -0.2) is 5.11 Å². The van der Waals surface area contributed by atoms with E-state index in [4.69, 9.17) is 9.52 Å². The predicted octanol–water partition coefficient (Wildman–Crippen LogP) is 2.06. The van der Waals surface area contributed by atoms with E-state index in [9.17, 15) is 0 Å². The Morgan fingerprint density at radius 3 is 2.50 bits per heavy atom. The van der Waals surface area contributed by atoms with Crippen LogP contribution in [0.1, 0.15) is 16.9 Å². The Labute approximate surface area is 94.7 Å². The van der Waals surface area contributed by atoms with Gasteiger partial charge in [0.15, 0.2) is 0 Å². The van der Waals surface area contributed by atoms with Crippen LogP contribution in [0.5, 0.6) is 0 Å². The SMILES string of the molecule is OCc1ccccc1CNCc1ccco1. The number of furan rings is 1. The Kier molecular flexibility index (Phi) is 3.75. The lowest BCUT2D eigenvalue weighted by atomic mass is 10.1. The molecule has 3 nitrogen and oxygen atoms in total. The van der Waals surface area contributed by atoms with E-state index in [1.54, 1.807) is 6.26 Å². The van der Waals surface area contributed by atoms with Gasteiger partial charge in [0.1, 0.15) is 5.76 Å². The first-order chi connectivity index (χ1) is 7.90. The number of aliphatic hydroxyl groups excluding tert-OH is 1. The predicted molar refractivity (Wildman–Crippen MR) is 61.6 cm³/mol. The van der Waals surface area contributed by atoms with Crippen molar-refractivity contribution in [1.29, 1.82) is 0 Å². The van der Waals surface area contributed by atoms with Crippen LogP contribution in [0.4, 0.5) is 0 Å². The van der Waals surface area contributed by atoms with Crippen molar-refractivity contribution >= 4 is 0 Å². The van der Waals surface area contributed by atoms with Gasteiger partial charge in [0.2, 0.25) is 0 Å². The summed E-state index contributed by atoms with van der Waals surface area (Å²) in [6.45, 7) is 1.52. The molecule has 1 heterocycles. The van der Waals surface area contributed by atoms with Crippen molar-refractivity contribution in [3.8, 4) is 0 Å². The minimum atomic E-state index is 0.0819. The highest BCUT2D eigenvalue weighted by Crippen LogP contribution is 2.08. The maximum Gasteiger partial charge on any atom is 0.117 e. The summed E-state index contributed by atoms with van der Waals surface area (Å²) in [6.07, 6.45) is 1.67. The molecule has 84 valence electrons. The number of hydrogen-bond acceptors (Lipinski definition) is 3. The molecule has 2 N–H and O–H groups in total. The van der Waals surface area contributed by atoms with Crippen LogP contribution in [0.15, 0.2) is 47.1 Å². The molecule has 0 spiro atoms. The zero-order chi connectivity index (χ0) is 11.2. The third-order valence-corrected chi connectivity index (χ3v) is 2.48. The highest BCUT2D eigenvalue weighted by molar-refractivity contribution is 5.26. The van der Waals surface area contributed by atoms with Crippen molar-refractivity contribution < 1.29 is 9.52 Å². The average Bonchev–Trinajstić information content (AvgIpc) is 2.83. The first-order valence-corrected chi connectivity index (χ1v) is 5.31. The molecule has 0 amide bonds. The molecule has 0 radical (unpaired) electrons. The number of hydrogen-bond donors (Lipinski definition) is 2. The number of rotatable bonds is 5. The van der Waals surface area contributed by atoms with Crippen molar-refractivity contribution in [1.82, 2.24) is 5.32 Å². The zero-order valence-electron chi connectivity index (χ0n) is 9.02. The second-order valence-electron chi connectivity index (χ2n) is 3.61. The van der Waals surface area contributed by atoms with Gasteiger partial charge in [-0.3, -0.25) is 0 Å². The lowest BCUT2D eigenvalue weighted by Gasteiger charge is -2.07. The zero-order valence-corrected chi connectivity index (χ0v) is 9.02. The van der Waals surface area contributed by atoms with Gasteiger partial charge in [-0.05, 0) is 23.3 Å². The molecule has 0 fully saturated rings. The largest absolute Gasteiger partial charge is 0.468 e. The van der Waals surface area contributed by atoms with Crippen LogP contribution < -0.4 is 5.32 Å². The van der Waals surface area contributed by atoms with E-state index < -0.39 is 0 Å². The molecule has 0 atom stereocenters. The van der Waals surface area contributed by atoms with Crippen LogP contribution in [0, 0.1) is 0 Å². The van der Waals surface area contributed by atoms with Gasteiger partial charge in [-0.2, -0.15) is 0 Å². The molecule has 3 heteroatoms. The molecule has 0 aliphatic rings. The molecule has 0 aliphatic carbocycles. The third kappa shape index (κ3) is 2.72. The van der Waals surface area contributed by atoms with E-state index in [1.165, 1.54) is 0 Å². The fourth-order valence-corrected chi connectivity index (χ4v) is 1.62. The van der Waals surface area contributed by atoms with Crippen LogP contribution in [-0.2, 0) is 19.7 Å². The lowest BCUT2D eigenvalue weighted by molar-refractivity contribution is 0.280. The van der Waals surface area contributed by atoms with Crippen LogP contribution in [0.2, 0.25) is 0 Å². The maximum absolute atomic E-state index is 9.16. The molecule has 1 aromatic heterocycles. The van der Waals surface area contributed by atoms with Crippen molar-refractivity contribution in [3.05, 3.63) is 59.5 Å². The smallest absolute Gasteiger partial charge is 0.117 e. The van der Waals surface area contributed by atoms with Crippen molar-refractivity contribution in [2.45, 2.75) is 19.7 Å². The molecule has 0 aliphatic heterocycles. The van der Waals surface area contributed by atoms with E-state index in [0.29, 0.717) is 6.54 Å². The van der Waals surface area contributed by atoms with E-state index in [-0.39, 0.29) is 6.61 Å². The summed E-state index contributed by atoms with van der Waals surface area (Å²) in [5, 5.41) is 12.4. The summed E-state index contributed by atoms with van der Waals surface area (Å²) in [7, 11) is 0. The quantitative estimate of drug-likeness (QED) is 0.805. The molecule has 16 heavy (non-hydrogen) atoms. The summed E-state index contributed by atoms with van der Waals surface area (Å²) in [5.41, 5.74) is 2.09. The molecule has 0 saturated heterocycles. The monoisotopic (exact) mass is 217 g/mol. The van der Waals surface area contributed by atoms with E-state index in [1.807, 2.05) is 36.4 Å². The van der Waals surface area contributed by atoms with Crippen LogP contribution in [0.25, 0.3) is 0 Å². The normalized spacial score (nSPS) is 10.6. The molecular weight excluding hydrogens is 202 g/mol. The van der Waals surface area contributed by atoms with Gasteiger partial charge in [-0.15, -0.1) is 0 Å². The summed E-state index contributed by atoms with van der Waals surface area (Å²) < 4.78 is 5.22. The summed E-state index contributed by atoms with van der Waals surface area (Å²) in [5.74, 6) is 0.918. The first kappa shape index (κ1) is 10.9. The highest BCUT2D eigenvalue weighted by atomic mass is 16.3. The highest BCUT2D eigenvalue weighted by Gasteiger charge is 2.00. The molecule has 0 saturated carbocycles. The summed E-state index contributed by atoms with van der Waals surface area (Å²) in [6, 6.07) is 11.7. The molecule has 2 rings (SSSR count). The third-order valence-electron chi connectivity index (χ3n) is 2.48. The Hall–Kier alpha value is -1.58. The van der Waals surface area contributed by atoms with Gasteiger partial charge >= 0.3 is 0 Å². The number of benzene rings is 1.